The molecule has 186 valence electrons. The Hall–Kier alpha value is -2.36. The summed E-state index contributed by atoms with van der Waals surface area (Å²) in [6.45, 7) is 19.4. The fraction of sp³-hybridized carbons (Fsp3) is 0.600. The van der Waals surface area contributed by atoms with Gasteiger partial charge in [0.05, 0.1) is 0 Å². The van der Waals surface area contributed by atoms with Crippen molar-refractivity contribution in [2.45, 2.75) is 81.1 Å². The summed E-state index contributed by atoms with van der Waals surface area (Å²) in [4.78, 5) is 28.1. The lowest BCUT2D eigenvalue weighted by atomic mass is 9.84. The Morgan fingerprint density at radius 2 is 1.35 bits per heavy atom. The highest BCUT2D eigenvalue weighted by Gasteiger charge is 2.33. The van der Waals surface area contributed by atoms with Gasteiger partial charge < -0.3 is 5.32 Å². The van der Waals surface area contributed by atoms with E-state index in [0.29, 0.717) is 34.9 Å². The van der Waals surface area contributed by atoms with Gasteiger partial charge in [-0.15, -0.1) is 0 Å². The fourth-order valence-electron chi connectivity index (χ4n) is 5.60. The average molecular weight is 465 g/mol. The van der Waals surface area contributed by atoms with Gasteiger partial charge in [-0.25, -0.2) is 0 Å². The average Bonchev–Trinajstić information content (AvgIpc) is 2.69. The standard InChI is InChI=1S/C30H44N2O2/c1-20(18-29(3,4)5)14-16-31-25-13-12-24-26-22(25)10-9-11-23(26)27(33)32(28(24)34)17-15-21(2)19-30(6,7)8/h9-13,20-21,31H,14-19H2,1-8H3. The van der Waals surface area contributed by atoms with Crippen LogP contribution in [-0.4, -0.2) is 29.8 Å². The van der Waals surface area contributed by atoms with Crippen LogP contribution in [0.25, 0.3) is 10.8 Å². The van der Waals surface area contributed by atoms with Crippen molar-refractivity contribution in [3.05, 3.63) is 41.5 Å². The number of amides is 2. The molecule has 2 aromatic carbocycles. The summed E-state index contributed by atoms with van der Waals surface area (Å²) in [5.74, 6) is 0.749. The summed E-state index contributed by atoms with van der Waals surface area (Å²) in [5.41, 5.74) is 2.84. The number of hydrogen-bond donors (Lipinski definition) is 1. The molecular weight excluding hydrogens is 420 g/mol. The van der Waals surface area contributed by atoms with Crippen LogP contribution in [0.3, 0.4) is 0 Å². The van der Waals surface area contributed by atoms with Crippen LogP contribution in [-0.2, 0) is 0 Å². The molecule has 0 radical (unpaired) electrons. The second kappa shape index (κ2) is 10.1. The molecule has 0 bridgehead atoms. The molecular formula is C30H44N2O2. The largest absolute Gasteiger partial charge is 0.385 e. The van der Waals surface area contributed by atoms with E-state index in [1.807, 2.05) is 30.3 Å². The monoisotopic (exact) mass is 464 g/mol. The summed E-state index contributed by atoms with van der Waals surface area (Å²) in [7, 11) is 0. The normalized spacial score (nSPS) is 16.2. The second-order valence-corrected chi connectivity index (χ2v) is 12.9. The van der Waals surface area contributed by atoms with Crippen LogP contribution in [0.15, 0.2) is 30.3 Å². The number of hydrogen-bond acceptors (Lipinski definition) is 3. The van der Waals surface area contributed by atoms with Gasteiger partial charge in [0.1, 0.15) is 0 Å². The number of benzene rings is 2. The van der Waals surface area contributed by atoms with Crippen molar-refractivity contribution in [2.75, 3.05) is 18.4 Å². The Balaban J connectivity index is 1.77. The van der Waals surface area contributed by atoms with E-state index in [1.54, 1.807) is 0 Å². The zero-order valence-electron chi connectivity index (χ0n) is 22.5. The van der Waals surface area contributed by atoms with Crippen LogP contribution in [0.5, 0.6) is 0 Å². The van der Waals surface area contributed by atoms with E-state index in [2.05, 4.69) is 60.7 Å². The highest BCUT2D eigenvalue weighted by molar-refractivity contribution is 6.26. The first-order chi connectivity index (χ1) is 15.8. The lowest BCUT2D eigenvalue weighted by Crippen LogP contribution is -2.41. The van der Waals surface area contributed by atoms with E-state index in [1.165, 1.54) is 11.3 Å². The van der Waals surface area contributed by atoms with E-state index in [4.69, 9.17) is 0 Å². The minimum atomic E-state index is -0.165. The maximum atomic E-state index is 13.3. The summed E-state index contributed by atoms with van der Waals surface area (Å²) < 4.78 is 0. The van der Waals surface area contributed by atoms with Crippen LogP contribution in [0, 0.1) is 22.7 Å². The van der Waals surface area contributed by atoms with Crippen molar-refractivity contribution in [3.63, 3.8) is 0 Å². The molecule has 2 aromatic rings. The van der Waals surface area contributed by atoms with Crippen molar-refractivity contribution in [3.8, 4) is 0 Å². The minimum absolute atomic E-state index is 0.165. The predicted molar refractivity (Wildman–Crippen MR) is 144 cm³/mol. The number of nitrogens with one attached hydrogen (secondary N) is 1. The lowest BCUT2D eigenvalue weighted by Gasteiger charge is -2.30. The molecule has 0 saturated carbocycles. The summed E-state index contributed by atoms with van der Waals surface area (Å²) >= 11 is 0. The van der Waals surface area contributed by atoms with Crippen molar-refractivity contribution in [1.29, 1.82) is 0 Å². The van der Waals surface area contributed by atoms with Gasteiger partial charge in [0, 0.05) is 40.7 Å². The summed E-state index contributed by atoms with van der Waals surface area (Å²) in [6, 6.07) is 9.71. The number of rotatable bonds is 9. The molecule has 4 nitrogen and oxygen atoms in total. The molecule has 34 heavy (non-hydrogen) atoms. The van der Waals surface area contributed by atoms with Crippen LogP contribution < -0.4 is 5.32 Å². The van der Waals surface area contributed by atoms with Crippen LogP contribution in [0.4, 0.5) is 5.69 Å². The highest BCUT2D eigenvalue weighted by Crippen LogP contribution is 2.35. The van der Waals surface area contributed by atoms with E-state index in [9.17, 15) is 9.59 Å². The van der Waals surface area contributed by atoms with Gasteiger partial charge in [-0.2, -0.15) is 0 Å². The Morgan fingerprint density at radius 1 is 0.794 bits per heavy atom. The van der Waals surface area contributed by atoms with Gasteiger partial charge in [-0.3, -0.25) is 14.5 Å². The van der Waals surface area contributed by atoms with Gasteiger partial charge in [-0.1, -0.05) is 67.5 Å². The smallest absolute Gasteiger partial charge is 0.261 e. The first-order valence-electron chi connectivity index (χ1n) is 12.9. The fourth-order valence-corrected chi connectivity index (χ4v) is 5.60. The molecule has 1 N–H and O–H groups in total. The van der Waals surface area contributed by atoms with Gasteiger partial charge in [0.25, 0.3) is 11.8 Å². The summed E-state index contributed by atoms with van der Waals surface area (Å²) in [5, 5.41) is 5.33. The molecule has 2 unspecified atom stereocenters. The topological polar surface area (TPSA) is 49.4 Å². The van der Waals surface area contributed by atoms with Gasteiger partial charge in [0.2, 0.25) is 0 Å². The minimum Gasteiger partial charge on any atom is -0.385 e. The maximum absolute atomic E-state index is 13.3. The Morgan fingerprint density at radius 3 is 1.94 bits per heavy atom. The van der Waals surface area contributed by atoms with Crippen molar-refractivity contribution in [2.24, 2.45) is 22.7 Å². The Bertz CT molecular complexity index is 1020. The zero-order valence-corrected chi connectivity index (χ0v) is 22.5. The number of carbonyl (C=O) groups is 2. The Labute approximate surface area is 206 Å². The molecule has 4 heteroatoms. The first-order valence-corrected chi connectivity index (χ1v) is 12.9. The quantitative estimate of drug-likeness (QED) is 0.386. The van der Waals surface area contributed by atoms with Crippen molar-refractivity contribution in [1.82, 2.24) is 4.90 Å². The van der Waals surface area contributed by atoms with E-state index < -0.39 is 0 Å². The van der Waals surface area contributed by atoms with Gasteiger partial charge in [-0.05, 0) is 66.5 Å². The third-order valence-corrected chi connectivity index (χ3v) is 6.71. The van der Waals surface area contributed by atoms with E-state index >= 15 is 0 Å². The van der Waals surface area contributed by atoms with Crippen LogP contribution in [0.1, 0.15) is 102 Å². The molecule has 0 spiro atoms. The van der Waals surface area contributed by atoms with E-state index in [-0.39, 0.29) is 17.2 Å². The maximum Gasteiger partial charge on any atom is 0.261 e. The molecule has 0 fully saturated rings. The van der Waals surface area contributed by atoms with Gasteiger partial charge >= 0.3 is 0 Å². The SMILES string of the molecule is CC(CCNc1ccc2c3c(cccc13)C(=O)N(CCC(C)CC(C)(C)C)C2=O)CC(C)(C)C. The summed E-state index contributed by atoms with van der Waals surface area (Å²) in [6.07, 6.45) is 4.16. The molecule has 0 saturated heterocycles. The molecule has 1 aliphatic heterocycles. The number of anilines is 1. The van der Waals surface area contributed by atoms with Crippen molar-refractivity contribution >= 4 is 28.3 Å². The third-order valence-electron chi connectivity index (χ3n) is 6.71. The molecule has 0 aliphatic carbocycles. The van der Waals surface area contributed by atoms with Crippen molar-refractivity contribution < 1.29 is 9.59 Å². The second-order valence-electron chi connectivity index (χ2n) is 12.9. The molecule has 1 aliphatic rings. The molecule has 0 aromatic heterocycles. The molecule has 1 heterocycles. The number of imide groups is 1. The van der Waals surface area contributed by atoms with Crippen LogP contribution >= 0.6 is 0 Å². The predicted octanol–water partition coefficient (Wildman–Crippen LogP) is 7.77. The number of carbonyl (C=O) groups excluding carboxylic acids is 2. The van der Waals surface area contributed by atoms with E-state index in [0.717, 1.165) is 42.3 Å². The van der Waals surface area contributed by atoms with Gasteiger partial charge in [0.15, 0.2) is 0 Å². The first kappa shape index (κ1) is 26.2. The molecule has 2 atom stereocenters. The lowest BCUT2D eigenvalue weighted by molar-refractivity contribution is 0.0600. The zero-order chi connectivity index (χ0) is 25.3. The third kappa shape index (κ3) is 6.40. The highest BCUT2D eigenvalue weighted by atomic mass is 16.2. The Kier molecular flexibility index (Phi) is 7.79. The molecule has 3 rings (SSSR count). The molecule has 2 amide bonds. The number of nitrogens with zero attached hydrogens (tertiary/aromatic N) is 1. The van der Waals surface area contributed by atoms with Crippen LogP contribution in [0.2, 0.25) is 0 Å².